The van der Waals surface area contributed by atoms with Gasteiger partial charge in [-0.2, -0.15) is 0 Å². The van der Waals surface area contributed by atoms with Gasteiger partial charge in [-0.25, -0.2) is 12.8 Å². The number of nitrogens with zero attached hydrogens (tertiary/aromatic N) is 2. The fourth-order valence-electron chi connectivity index (χ4n) is 3.47. The van der Waals surface area contributed by atoms with Gasteiger partial charge in [-0.05, 0) is 61.2 Å². The number of aryl methyl sites for hydroxylation is 1. The highest BCUT2D eigenvalue weighted by Gasteiger charge is 2.31. The van der Waals surface area contributed by atoms with Gasteiger partial charge in [-0.3, -0.25) is 13.9 Å². The molecule has 34 heavy (non-hydrogen) atoms. The summed E-state index contributed by atoms with van der Waals surface area (Å²) in [5, 5.41) is 2.81. The molecule has 1 atom stereocenters. The smallest absolute Gasteiger partial charge is 0.244 e. The summed E-state index contributed by atoms with van der Waals surface area (Å²) in [6.45, 7) is 5.55. The van der Waals surface area contributed by atoms with Crippen molar-refractivity contribution in [3.8, 4) is 0 Å². The van der Waals surface area contributed by atoms with Crippen LogP contribution in [0, 0.1) is 12.7 Å². The Morgan fingerprint density at radius 2 is 1.76 bits per heavy atom. The van der Waals surface area contributed by atoms with Crippen LogP contribution in [0.1, 0.15) is 37.8 Å². The van der Waals surface area contributed by atoms with Crippen molar-refractivity contribution in [2.45, 2.75) is 46.2 Å². The first-order valence-corrected chi connectivity index (χ1v) is 13.7. The van der Waals surface area contributed by atoms with E-state index in [1.165, 1.54) is 17.0 Å². The van der Waals surface area contributed by atoms with E-state index in [2.05, 4.69) is 21.2 Å². The molecule has 0 heterocycles. The van der Waals surface area contributed by atoms with E-state index in [0.29, 0.717) is 24.2 Å². The zero-order valence-corrected chi connectivity index (χ0v) is 22.2. The number of carbonyl (C=O) groups excluding carboxylic acids is 2. The van der Waals surface area contributed by atoms with Gasteiger partial charge in [0.05, 0.1) is 11.9 Å². The number of anilines is 1. The zero-order chi connectivity index (χ0) is 25.5. The Hall–Kier alpha value is -2.46. The normalized spacial score (nSPS) is 12.2. The van der Waals surface area contributed by atoms with Gasteiger partial charge in [0.2, 0.25) is 21.8 Å². The van der Waals surface area contributed by atoms with Crippen LogP contribution in [0.25, 0.3) is 0 Å². The summed E-state index contributed by atoms with van der Waals surface area (Å²) in [5.41, 5.74) is 1.79. The molecular formula is C24H31BrFN3O4S. The number of halogens is 2. The predicted molar refractivity (Wildman–Crippen MR) is 135 cm³/mol. The second-order valence-corrected chi connectivity index (χ2v) is 10.8. The molecule has 7 nitrogen and oxygen atoms in total. The minimum Gasteiger partial charge on any atom is -0.354 e. The molecule has 2 aromatic carbocycles. The molecule has 186 valence electrons. The van der Waals surface area contributed by atoms with E-state index >= 15 is 0 Å². The molecule has 0 bridgehead atoms. The summed E-state index contributed by atoms with van der Waals surface area (Å²) in [6.07, 6.45) is 2.10. The number of sulfonamides is 1. The van der Waals surface area contributed by atoms with Crippen molar-refractivity contribution in [1.29, 1.82) is 0 Å². The average molecular weight is 556 g/mol. The highest BCUT2D eigenvalue weighted by Crippen LogP contribution is 2.25. The van der Waals surface area contributed by atoms with Gasteiger partial charge >= 0.3 is 0 Å². The number of carbonyl (C=O) groups is 2. The standard InChI is InChI=1S/C24H31BrFN3O4S/c1-5-13-27-24(31)22(6-2)28(15-18-7-9-19(26)10-8-18)23(30)16-29(34(4,32)33)20-11-12-21(25)17(3)14-20/h7-12,14,22H,5-6,13,15-16H2,1-4H3,(H,27,31)/t22-/m1/s1. The molecule has 0 aromatic heterocycles. The van der Waals surface area contributed by atoms with Crippen LogP contribution in [0.3, 0.4) is 0 Å². The van der Waals surface area contributed by atoms with Crippen molar-refractivity contribution >= 4 is 43.5 Å². The summed E-state index contributed by atoms with van der Waals surface area (Å²) < 4.78 is 40.5. The summed E-state index contributed by atoms with van der Waals surface area (Å²) >= 11 is 3.40. The highest BCUT2D eigenvalue weighted by atomic mass is 79.9. The monoisotopic (exact) mass is 555 g/mol. The van der Waals surface area contributed by atoms with E-state index in [4.69, 9.17) is 0 Å². The third kappa shape index (κ3) is 7.53. The van der Waals surface area contributed by atoms with E-state index in [0.717, 1.165) is 27.0 Å². The number of nitrogens with one attached hydrogen (secondary N) is 1. The molecule has 0 saturated heterocycles. The Kier molecular flexibility index (Phi) is 10.1. The van der Waals surface area contributed by atoms with Crippen LogP contribution in [-0.4, -0.2) is 50.5 Å². The third-order valence-corrected chi connectivity index (χ3v) is 7.34. The van der Waals surface area contributed by atoms with Crippen LogP contribution in [0.5, 0.6) is 0 Å². The number of benzene rings is 2. The lowest BCUT2D eigenvalue weighted by molar-refractivity contribution is -0.140. The van der Waals surface area contributed by atoms with Gasteiger partial charge in [0.1, 0.15) is 18.4 Å². The Morgan fingerprint density at radius 1 is 1.12 bits per heavy atom. The van der Waals surface area contributed by atoms with E-state index in [1.807, 2.05) is 13.8 Å². The molecular weight excluding hydrogens is 525 g/mol. The molecule has 0 aliphatic carbocycles. The predicted octanol–water partition coefficient (Wildman–Crippen LogP) is 4.00. The van der Waals surface area contributed by atoms with Gasteiger partial charge in [-0.1, -0.05) is 41.9 Å². The maximum Gasteiger partial charge on any atom is 0.244 e. The third-order valence-electron chi connectivity index (χ3n) is 5.31. The fraction of sp³-hybridized carbons (Fsp3) is 0.417. The first-order valence-electron chi connectivity index (χ1n) is 11.0. The molecule has 0 spiro atoms. The van der Waals surface area contributed by atoms with E-state index in [-0.39, 0.29) is 12.5 Å². The number of hydrogen-bond donors (Lipinski definition) is 1. The first-order chi connectivity index (χ1) is 16.0. The van der Waals surface area contributed by atoms with Crippen LogP contribution in [0.15, 0.2) is 46.9 Å². The van der Waals surface area contributed by atoms with Gasteiger partial charge in [0.15, 0.2) is 0 Å². The van der Waals surface area contributed by atoms with E-state index in [1.54, 1.807) is 37.3 Å². The van der Waals surface area contributed by atoms with Crippen LogP contribution in [0.2, 0.25) is 0 Å². The van der Waals surface area contributed by atoms with Crippen LogP contribution in [0.4, 0.5) is 10.1 Å². The van der Waals surface area contributed by atoms with Gasteiger partial charge < -0.3 is 10.2 Å². The van der Waals surface area contributed by atoms with Crippen LogP contribution < -0.4 is 9.62 Å². The number of rotatable bonds is 11. The minimum absolute atomic E-state index is 0.0358. The van der Waals surface area contributed by atoms with E-state index < -0.39 is 34.3 Å². The van der Waals surface area contributed by atoms with Crippen molar-refractivity contribution in [2.75, 3.05) is 23.7 Å². The summed E-state index contributed by atoms with van der Waals surface area (Å²) in [4.78, 5) is 27.8. The average Bonchev–Trinajstić information content (AvgIpc) is 2.78. The first kappa shape index (κ1) is 27.8. The maximum atomic E-state index is 13.5. The lowest BCUT2D eigenvalue weighted by atomic mass is 10.1. The van der Waals surface area contributed by atoms with Crippen LogP contribution >= 0.6 is 15.9 Å². The fourth-order valence-corrected chi connectivity index (χ4v) is 4.56. The Bertz CT molecular complexity index is 1110. The molecule has 0 aliphatic heterocycles. The van der Waals surface area contributed by atoms with Crippen LogP contribution in [-0.2, 0) is 26.2 Å². The summed E-state index contributed by atoms with van der Waals surface area (Å²) in [6, 6.07) is 9.84. The topological polar surface area (TPSA) is 86.8 Å². The quantitative estimate of drug-likeness (QED) is 0.454. The van der Waals surface area contributed by atoms with Crippen molar-refractivity contribution in [3.05, 3.63) is 63.9 Å². The largest absolute Gasteiger partial charge is 0.354 e. The minimum atomic E-state index is -3.80. The molecule has 0 radical (unpaired) electrons. The van der Waals surface area contributed by atoms with E-state index in [9.17, 15) is 22.4 Å². The molecule has 10 heteroatoms. The van der Waals surface area contributed by atoms with Gasteiger partial charge in [0.25, 0.3) is 0 Å². The second kappa shape index (κ2) is 12.3. The Labute approximate surface area is 209 Å². The molecule has 0 unspecified atom stereocenters. The highest BCUT2D eigenvalue weighted by molar-refractivity contribution is 9.10. The SMILES string of the molecule is CCCNC(=O)[C@@H](CC)N(Cc1ccc(F)cc1)C(=O)CN(c1ccc(Br)c(C)c1)S(C)(=O)=O. The van der Waals surface area contributed by atoms with Gasteiger partial charge in [-0.15, -0.1) is 0 Å². The van der Waals surface area contributed by atoms with Crippen molar-refractivity contribution < 1.29 is 22.4 Å². The van der Waals surface area contributed by atoms with Crippen molar-refractivity contribution in [1.82, 2.24) is 10.2 Å². The molecule has 0 fully saturated rings. The molecule has 1 N–H and O–H groups in total. The van der Waals surface area contributed by atoms with Crippen molar-refractivity contribution in [2.24, 2.45) is 0 Å². The molecule has 2 rings (SSSR count). The molecule has 0 aliphatic rings. The number of amides is 2. The lowest BCUT2D eigenvalue weighted by Gasteiger charge is -2.33. The van der Waals surface area contributed by atoms with Gasteiger partial charge in [0, 0.05) is 17.6 Å². The number of hydrogen-bond acceptors (Lipinski definition) is 4. The molecule has 0 saturated carbocycles. The molecule has 2 aromatic rings. The second-order valence-electron chi connectivity index (χ2n) is 8.07. The maximum absolute atomic E-state index is 13.5. The summed E-state index contributed by atoms with van der Waals surface area (Å²) in [5.74, 6) is -1.26. The summed E-state index contributed by atoms with van der Waals surface area (Å²) in [7, 11) is -3.80. The lowest BCUT2D eigenvalue weighted by Crippen LogP contribution is -2.52. The van der Waals surface area contributed by atoms with Crippen molar-refractivity contribution in [3.63, 3.8) is 0 Å². The Balaban J connectivity index is 2.43. The molecule has 2 amide bonds. The Morgan fingerprint density at radius 3 is 2.29 bits per heavy atom. The zero-order valence-electron chi connectivity index (χ0n) is 19.8.